The molecule has 4 heteroatoms. The van der Waals surface area contributed by atoms with Crippen molar-refractivity contribution in [3.05, 3.63) is 40.2 Å². The zero-order chi connectivity index (χ0) is 13.1. The summed E-state index contributed by atoms with van der Waals surface area (Å²) in [7, 11) is 0. The summed E-state index contributed by atoms with van der Waals surface area (Å²) in [5, 5.41) is 3.97. The third-order valence-electron chi connectivity index (χ3n) is 2.69. The van der Waals surface area contributed by atoms with Crippen molar-refractivity contribution in [1.82, 2.24) is 0 Å². The molecule has 1 aromatic carbocycles. The zero-order valence-corrected chi connectivity index (χ0v) is 10.4. The molecule has 0 spiro atoms. The van der Waals surface area contributed by atoms with Crippen molar-refractivity contribution in [1.29, 1.82) is 0 Å². The predicted molar refractivity (Wildman–Crippen MR) is 71.3 cm³/mol. The fourth-order valence-electron chi connectivity index (χ4n) is 1.74. The average molecular weight is 245 g/mol. The number of ketones is 1. The highest BCUT2D eigenvalue weighted by Crippen LogP contribution is 2.19. The van der Waals surface area contributed by atoms with E-state index in [0.29, 0.717) is 5.58 Å². The molecular weight excluding hydrogens is 230 g/mol. The van der Waals surface area contributed by atoms with E-state index < -0.39 is 5.63 Å². The van der Waals surface area contributed by atoms with E-state index in [2.05, 4.69) is 12.2 Å². The fourth-order valence-corrected chi connectivity index (χ4v) is 1.74. The maximum atomic E-state index is 11.6. The quantitative estimate of drug-likeness (QED) is 0.664. The summed E-state index contributed by atoms with van der Waals surface area (Å²) in [4.78, 5) is 22.8. The predicted octanol–water partition coefficient (Wildman–Crippen LogP) is 2.82. The lowest BCUT2D eigenvalue weighted by atomic mass is 10.1. The highest BCUT2D eigenvalue weighted by Gasteiger charge is 2.09. The molecule has 4 nitrogen and oxygen atoms in total. The Morgan fingerprint density at radius 3 is 2.78 bits per heavy atom. The van der Waals surface area contributed by atoms with Crippen LogP contribution in [0, 0.1) is 0 Å². The normalized spacial score (nSPS) is 10.6. The molecule has 0 saturated carbocycles. The third-order valence-corrected chi connectivity index (χ3v) is 2.69. The second-order valence-corrected chi connectivity index (χ2v) is 4.18. The van der Waals surface area contributed by atoms with E-state index in [-0.39, 0.29) is 11.3 Å². The largest absolute Gasteiger partial charge is 0.422 e. The van der Waals surface area contributed by atoms with Gasteiger partial charge >= 0.3 is 5.63 Å². The molecule has 18 heavy (non-hydrogen) atoms. The van der Waals surface area contributed by atoms with Crippen LogP contribution in [0.4, 0.5) is 5.69 Å². The Hall–Kier alpha value is -2.10. The number of carbonyl (C=O) groups excluding carboxylic acids is 1. The van der Waals surface area contributed by atoms with E-state index in [9.17, 15) is 9.59 Å². The lowest BCUT2D eigenvalue weighted by molar-refractivity contribution is 0.101. The Kier molecular flexibility index (Phi) is 3.46. The van der Waals surface area contributed by atoms with Gasteiger partial charge in [-0.3, -0.25) is 4.79 Å². The van der Waals surface area contributed by atoms with Gasteiger partial charge in [0, 0.05) is 23.7 Å². The molecule has 1 aromatic heterocycles. The molecule has 0 amide bonds. The van der Waals surface area contributed by atoms with E-state index in [1.54, 1.807) is 12.1 Å². The monoisotopic (exact) mass is 245 g/mol. The van der Waals surface area contributed by atoms with Crippen LogP contribution in [-0.4, -0.2) is 12.3 Å². The first kappa shape index (κ1) is 12.4. The molecule has 1 N–H and O–H groups in total. The number of hydrogen-bond acceptors (Lipinski definition) is 4. The van der Waals surface area contributed by atoms with Crippen LogP contribution in [0.3, 0.4) is 0 Å². The van der Waals surface area contributed by atoms with Crippen LogP contribution in [-0.2, 0) is 0 Å². The summed E-state index contributed by atoms with van der Waals surface area (Å²) in [5.41, 5.74) is 0.911. The fraction of sp³-hybridized carbons (Fsp3) is 0.286. The molecule has 94 valence electrons. The smallest absolute Gasteiger partial charge is 0.347 e. The Morgan fingerprint density at radius 2 is 2.11 bits per heavy atom. The minimum atomic E-state index is -0.581. The molecule has 0 saturated heterocycles. The SMILES string of the molecule is CCCNc1ccc2cc(C(C)=O)c(=O)oc2c1. The summed E-state index contributed by atoms with van der Waals surface area (Å²) in [6.07, 6.45) is 1.02. The summed E-state index contributed by atoms with van der Waals surface area (Å²) in [5.74, 6) is -0.279. The second-order valence-electron chi connectivity index (χ2n) is 4.18. The van der Waals surface area contributed by atoms with E-state index >= 15 is 0 Å². The zero-order valence-electron chi connectivity index (χ0n) is 10.4. The number of benzene rings is 1. The van der Waals surface area contributed by atoms with Gasteiger partial charge in [-0.1, -0.05) is 6.92 Å². The van der Waals surface area contributed by atoms with Crippen molar-refractivity contribution in [2.75, 3.05) is 11.9 Å². The number of fused-ring (bicyclic) bond motifs is 1. The molecule has 0 atom stereocenters. The molecule has 0 radical (unpaired) electrons. The van der Waals surface area contributed by atoms with E-state index in [0.717, 1.165) is 24.0 Å². The van der Waals surface area contributed by atoms with Crippen LogP contribution >= 0.6 is 0 Å². The van der Waals surface area contributed by atoms with Gasteiger partial charge in [0.15, 0.2) is 5.78 Å². The summed E-state index contributed by atoms with van der Waals surface area (Å²) in [6.45, 7) is 4.30. The minimum Gasteiger partial charge on any atom is -0.422 e. The summed E-state index contributed by atoms with van der Waals surface area (Å²) >= 11 is 0. The van der Waals surface area contributed by atoms with Gasteiger partial charge in [-0.25, -0.2) is 4.79 Å². The molecule has 2 aromatic rings. The maximum Gasteiger partial charge on any atom is 0.347 e. The first-order valence-electron chi connectivity index (χ1n) is 5.94. The van der Waals surface area contributed by atoms with Gasteiger partial charge in [0.1, 0.15) is 11.1 Å². The molecule has 2 rings (SSSR count). The van der Waals surface area contributed by atoms with Gasteiger partial charge < -0.3 is 9.73 Å². The lowest BCUT2D eigenvalue weighted by Crippen LogP contribution is -2.11. The second kappa shape index (κ2) is 5.04. The standard InChI is InChI=1S/C14H15NO3/c1-3-6-15-11-5-4-10-7-12(9(2)16)14(17)18-13(10)8-11/h4-5,7-8,15H,3,6H2,1-2H3. The average Bonchev–Trinajstić information content (AvgIpc) is 2.34. The minimum absolute atomic E-state index is 0.0942. The summed E-state index contributed by atoms with van der Waals surface area (Å²) in [6, 6.07) is 7.09. The highest BCUT2D eigenvalue weighted by atomic mass is 16.4. The van der Waals surface area contributed by atoms with Gasteiger partial charge in [0.25, 0.3) is 0 Å². The van der Waals surface area contributed by atoms with Crippen LogP contribution in [0.15, 0.2) is 33.5 Å². The maximum absolute atomic E-state index is 11.6. The van der Waals surface area contributed by atoms with Crippen LogP contribution in [0.25, 0.3) is 11.0 Å². The molecule has 0 aliphatic carbocycles. The van der Waals surface area contributed by atoms with Crippen molar-refractivity contribution in [2.45, 2.75) is 20.3 Å². The number of nitrogens with one attached hydrogen (secondary N) is 1. The van der Waals surface area contributed by atoms with Crippen molar-refractivity contribution in [2.24, 2.45) is 0 Å². The third kappa shape index (κ3) is 2.42. The Bertz CT molecular complexity index is 643. The number of carbonyl (C=O) groups is 1. The number of rotatable bonds is 4. The number of anilines is 1. The highest BCUT2D eigenvalue weighted by molar-refractivity contribution is 5.96. The van der Waals surface area contributed by atoms with Gasteiger partial charge in [-0.05, 0) is 31.5 Å². The Morgan fingerprint density at radius 1 is 1.33 bits per heavy atom. The lowest BCUT2D eigenvalue weighted by Gasteiger charge is -2.05. The van der Waals surface area contributed by atoms with Crippen molar-refractivity contribution in [3.63, 3.8) is 0 Å². The number of hydrogen-bond donors (Lipinski definition) is 1. The first-order chi connectivity index (χ1) is 8.61. The van der Waals surface area contributed by atoms with Crippen molar-refractivity contribution >= 4 is 22.4 Å². The molecular formula is C14H15NO3. The van der Waals surface area contributed by atoms with Gasteiger partial charge in [0.2, 0.25) is 0 Å². The van der Waals surface area contributed by atoms with Crippen LogP contribution in [0.2, 0.25) is 0 Å². The van der Waals surface area contributed by atoms with E-state index in [4.69, 9.17) is 4.42 Å². The molecule has 0 fully saturated rings. The van der Waals surface area contributed by atoms with Crippen LogP contribution in [0.1, 0.15) is 30.6 Å². The van der Waals surface area contributed by atoms with Crippen molar-refractivity contribution < 1.29 is 9.21 Å². The van der Waals surface area contributed by atoms with Crippen LogP contribution in [0.5, 0.6) is 0 Å². The molecule has 0 aliphatic rings. The van der Waals surface area contributed by atoms with E-state index in [1.165, 1.54) is 6.92 Å². The molecule has 0 aliphatic heterocycles. The molecule has 0 unspecified atom stereocenters. The molecule has 0 bridgehead atoms. The first-order valence-corrected chi connectivity index (χ1v) is 5.94. The Labute approximate surface area is 105 Å². The van der Waals surface area contributed by atoms with Crippen molar-refractivity contribution in [3.8, 4) is 0 Å². The Balaban J connectivity index is 2.49. The summed E-state index contributed by atoms with van der Waals surface area (Å²) < 4.78 is 5.16. The van der Waals surface area contributed by atoms with Gasteiger partial charge in [0.05, 0.1) is 0 Å². The van der Waals surface area contributed by atoms with E-state index in [1.807, 2.05) is 12.1 Å². The van der Waals surface area contributed by atoms with Gasteiger partial charge in [-0.2, -0.15) is 0 Å². The number of Topliss-reactive ketones (excluding diaryl/α,β-unsaturated/α-hetero) is 1. The molecule has 1 heterocycles. The van der Waals surface area contributed by atoms with Crippen LogP contribution < -0.4 is 10.9 Å². The topological polar surface area (TPSA) is 59.3 Å². The van der Waals surface area contributed by atoms with Gasteiger partial charge in [-0.15, -0.1) is 0 Å².